The van der Waals surface area contributed by atoms with E-state index in [9.17, 15) is 37.2 Å². The molecule has 1 N–H and O–H groups in total. The Morgan fingerprint density at radius 2 is 0.682 bits per heavy atom. The van der Waals surface area contributed by atoms with Crippen molar-refractivity contribution in [2.24, 2.45) is 0 Å². The molecule has 6 aromatic carbocycles. The zero-order valence-corrected chi connectivity index (χ0v) is 49.9. The molecule has 0 aliphatic carbocycles. The summed E-state index contributed by atoms with van der Waals surface area (Å²) in [4.78, 5) is 35.4. The Balaban J connectivity index is 0.000000201. The van der Waals surface area contributed by atoms with Gasteiger partial charge in [-0.15, -0.1) is 11.6 Å². The molecule has 23 heteroatoms. The fourth-order valence-electron chi connectivity index (χ4n) is 6.26. The predicted molar refractivity (Wildman–Crippen MR) is 329 cm³/mol. The number of alkyl halides is 1. The van der Waals surface area contributed by atoms with Crippen LogP contribution in [0.5, 0.6) is 23.0 Å². The lowest BCUT2D eigenvalue weighted by molar-refractivity contribution is 0.111. The molecule has 10 aromatic rings. The highest BCUT2D eigenvalue weighted by molar-refractivity contribution is 8.24. The van der Waals surface area contributed by atoms with E-state index in [1.54, 1.807) is 183 Å². The maximum Gasteiger partial charge on any atom is 0.463 e. The summed E-state index contributed by atoms with van der Waals surface area (Å²) < 4.78 is 83.6. The second-order valence-corrected chi connectivity index (χ2v) is 27.7. The third-order valence-corrected chi connectivity index (χ3v) is 14.8. The number of aliphatic hydroxyl groups excluding tert-OH is 1. The van der Waals surface area contributed by atoms with Gasteiger partial charge in [0.2, 0.25) is 5.85 Å². The van der Waals surface area contributed by atoms with Gasteiger partial charge < -0.3 is 23.2 Å². The molecule has 2 atom stereocenters. The molecule has 0 fully saturated rings. The van der Waals surface area contributed by atoms with Crippen LogP contribution in [0.25, 0.3) is 0 Å². The van der Waals surface area contributed by atoms with E-state index in [4.69, 9.17) is 29.7 Å². The van der Waals surface area contributed by atoms with Gasteiger partial charge in [0.25, 0.3) is 0 Å². The van der Waals surface area contributed by atoms with E-state index in [0.717, 1.165) is 17.4 Å². The van der Waals surface area contributed by atoms with Crippen LogP contribution in [0.3, 0.4) is 0 Å². The summed E-state index contributed by atoms with van der Waals surface area (Å²) in [5, 5.41) is 6.43. The first-order valence-electron chi connectivity index (χ1n) is 24.7. The van der Waals surface area contributed by atoms with E-state index in [-0.39, 0.29) is 11.6 Å². The number of aldehydes is 2. The minimum absolute atomic E-state index is 0.246. The van der Waals surface area contributed by atoms with E-state index in [0.29, 0.717) is 51.5 Å². The van der Waals surface area contributed by atoms with E-state index in [1.165, 1.54) is 48.8 Å². The molecule has 0 aliphatic heterocycles. The third kappa shape index (κ3) is 26.4. The summed E-state index contributed by atoms with van der Waals surface area (Å²) in [5.74, 6) is 5.46. The Kier molecular flexibility index (Phi) is 28.9. The fraction of sp³-hybridized carbons (Fsp3) is 0.0323. The van der Waals surface area contributed by atoms with Crippen molar-refractivity contribution in [3.05, 3.63) is 313 Å². The van der Waals surface area contributed by atoms with Gasteiger partial charge in [-0.3, -0.25) is 34.1 Å². The molecule has 4 heterocycles. The summed E-state index contributed by atoms with van der Waals surface area (Å²) in [6.45, 7) is 0. The number of benzene rings is 6. The van der Waals surface area contributed by atoms with Crippen LogP contribution in [-0.4, -0.2) is 37.6 Å². The number of rotatable bonds is 14. The first-order valence-corrected chi connectivity index (χ1v) is 32.8. The molecule has 0 saturated carbocycles. The molecule has 0 spiro atoms. The number of halogens is 6. The van der Waals surface area contributed by atoms with Gasteiger partial charge in [0, 0.05) is 71.8 Å². The van der Waals surface area contributed by atoms with Crippen LogP contribution in [0.4, 0.5) is 8.78 Å². The lowest BCUT2D eigenvalue weighted by Crippen LogP contribution is -2.10. The van der Waals surface area contributed by atoms with Gasteiger partial charge in [0.1, 0.15) is 47.2 Å². The van der Waals surface area contributed by atoms with E-state index in [2.05, 4.69) is 65.5 Å². The number of para-hydroxylation sites is 4. The minimum atomic E-state index is -3.95. The summed E-state index contributed by atoms with van der Waals surface area (Å²) in [7, 11) is -7.69. The second kappa shape index (κ2) is 36.4. The van der Waals surface area contributed by atoms with Crippen LogP contribution in [-0.2, 0) is 13.7 Å². The minimum Gasteiger partial charge on any atom is -0.415 e. The molecule has 434 valence electrons. The number of carbonyl (C=O) groups excluding carboxylic acids is 2. The molecule has 10 rings (SSSR count). The van der Waals surface area contributed by atoms with Gasteiger partial charge in [0.05, 0.1) is 0 Å². The number of nitrogens with zero attached hydrogens (tertiary/aromatic N) is 4. The summed E-state index contributed by atoms with van der Waals surface area (Å²) in [5.41, 5.74) is 3.88. The maximum absolute atomic E-state index is 13.5. The van der Waals surface area contributed by atoms with Crippen molar-refractivity contribution in [2.45, 2.75) is 11.0 Å². The quantitative estimate of drug-likeness (QED) is 0.0467. The van der Waals surface area contributed by atoms with E-state index >= 15 is 0 Å². The lowest BCUT2D eigenvalue weighted by atomic mass is 10.2. The highest BCUT2D eigenvalue weighted by Gasteiger charge is 2.40. The molecule has 2 unspecified atom stereocenters. The van der Waals surface area contributed by atoms with Gasteiger partial charge >= 0.3 is 20.4 Å². The molecular formula is C62H49Cl4F2N4O10P3. The van der Waals surface area contributed by atoms with Crippen molar-refractivity contribution >= 4 is 78.3 Å². The van der Waals surface area contributed by atoms with E-state index in [1.807, 2.05) is 36.4 Å². The number of aromatic nitrogens is 4. The zero-order chi connectivity index (χ0) is 61.2. The van der Waals surface area contributed by atoms with Gasteiger partial charge in [-0.25, -0.2) is 17.9 Å². The zero-order valence-electron chi connectivity index (χ0n) is 44.2. The average molecular weight is 1280 g/mol. The molecule has 0 saturated heterocycles. The van der Waals surface area contributed by atoms with Crippen molar-refractivity contribution in [1.82, 2.24) is 19.9 Å². The Labute approximate surface area is 509 Å². The lowest BCUT2D eigenvalue weighted by Gasteiger charge is -2.24. The molecule has 0 bridgehead atoms. The fourth-order valence-corrected chi connectivity index (χ4v) is 9.84. The summed E-state index contributed by atoms with van der Waals surface area (Å²) >= 11 is 20.3. The largest absolute Gasteiger partial charge is 0.463 e. The smallest absolute Gasteiger partial charge is 0.415 e. The number of carbonyl (C=O) groups is 2. The molecule has 0 aliphatic rings. The van der Waals surface area contributed by atoms with Crippen molar-refractivity contribution in [1.29, 1.82) is 0 Å². The third-order valence-electron chi connectivity index (χ3n) is 10.2. The second-order valence-electron chi connectivity index (χ2n) is 16.4. The summed E-state index contributed by atoms with van der Waals surface area (Å²) in [6, 6.07) is 59.9. The Hall–Kier alpha value is -8.31. The van der Waals surface area contributed by atoms with Crippen LogP contribution >= 0.6 is 65.7 Å². The van der Waals surface area contributed by atoms with Crippen molar-refractivity contribution < 1.29 is 55.3 Å². The standard InChI is InChI=1S/C18H15ClNO3P.C18H16NO4P.C13H8FN.C7H5FO.C6H5NO.Cl3OP/c19-18(15-11-13-20-14-12-15)24(21,22-16-7-3-1-4-8-16)23-17-9-5-2-6-10-17;20-18(15-11-13-19-14-12-15)24(21,22-16-7-3-1-4-8-16)23-17-9-5-2-6-10-17;14-13-5-3-11(4-6-13)1-2-12-7-9-15-10-8-12;8-7-3-1-6(5-9)2-4-7;8-5-6-1-3-7-4-2-6;1-5(2,3)4/h1-14,18H;1-14,18,20H;3-10H;1-5H;1-5H;. The highest BCUT2D eigenvalue weighted by atomic mass is 36.0. The number of hydrogen-bond acceptors (Lipinski definition) is 14. The van der Waals surface area contributed by atoms with Crippen molar-refractivity contribution in [3.8, 4) is 34.8 Å². The average Bonchev–Trinajstić information content (AvgIpc) is 3.63. The van der Waals surface area contributed by atoms with E-state index < -0.39 is 31.4 Å². The molecule has 0 amide bonds. The summed E-state index contributed by atoms with van der Waals surface area (Å²) in [6.07, 6.45) is 14.2. The Bertz CT molecular complexity index is 3490. The molecule has 0 radical (unpaired) electrons. The monoisotopic (exact) mass is 1280 g/mol. The number of aliphatic hydroxyl groups is 1. The van der Waals surface area contributed by atoms with Crippen LogP contribution in [0, 0.1) is 23.5 Å². The Morgan fingerprint density at radius 3 is 1.02 bits per heavy atom. The SMILES string of the molecule is Fc1ccc(C#Cc2ccncc2)cc1.O=Cc1ccc(F)cc1.O=Cc1ccncc1.O=P(Cl)(Cl)Cl.O=P(Oc1ccccc1)(Oc1ccccc1)C(Cl)c1ccncc1.O=P(Oc1ccccc1)(Oc1ccccc1)C(O)c1ccncc1. The molecule has 85 heavy (non-hydrogen) atoms. The topological polar surface area (TPSA) is 194 Å². The highest BCUT2D eigenvalue weighted by Crippen LogP contribution is 2.63. The van der Waals surface area contributed by atoms with Crippen molar-refractivity contribution in [3.63, 3.8) is 0 Å². The molecular weight excluding hydrogens is 1230 g/mol. The number of pyridine rings is 4. The normalized spacial score (nSPS) is 11.0. The van der Waals surface area contributed by atoms with Gasteiger partial charge in [-0.05, 0) is 190 Å². The van der Waals surface area contributed by atoms with Gasteiger partial charge in [-0.2, -0.15) is 0 Å². The van der Waals surface area contributed by atoms with Crippen LogP contribution < -0.4 is 18.1 Å². The van der Waals surface area contributed by atoms with Crippen LogP contribution in [0.2, 0.25) is 0 Å². The molecule has 14 nitrogen and oxygen atoms in total. The van der Waals surface area contributed by atoms with Crippen LogP contribution in [0.1, 0.15) is 53.9 Å². The maximum atomic E-state index is 13.5. The van der Waals surface area contributed by atoms with Crippen LogP contribution in [0.15, 0.2) is 268 Å². The first-order chi connectivity index (χ1) is 40.9. The van der Waals surface area contributed by atoms with Gasteiger partial charge in [-0.1, -0.05) is 84.6 Å². The van der Waals surface area contributed by atoms with Crippen molar-refractivity contribution in [2.75, 3.05) is 0 Å². The van der Waals surface area contributed by atoms with Gasteiger partial charge in [0.15, 0.2) is 5.12 Å². The Morgan fingerprint density at radius 1 is 0.400 bits per heavy atom. The first kappa shape index (κ1) is 67.5. The molecule has 4 aromatic heterocycles. The number of hydrogen-bond donors (Lipinski definition) is 1. The predicted octanol–water partition coefficient (Wildman–Crippen LogP) is 18.1.